The molecule has 3 rings (SSSR count). The van der Waals surface area contributed by atoms with Crippen LogP contribution in [0.3, 0.4) is 0 Å². The van der Waals surface area contributed by atoms with Gasteiger partial charge in [0.15, 0.2) is 0 Å². The predicted molar refractivity (Wildman–Crippen MR) is 104 cm³/mol. The molecule has 2 aromatic heterocycles. The lowest BCUT2D eigenvalue weighted by molar-refractivity contribution is 0.201. The highest BCUT2D eigenvalue weighted by atomic mass is 16.5. The second kappa shape index (κ2) is 9.25. The Morgan fingerprint density at radius 1 is 1.26 bits per heavy atom. The summed E-state index contributed by atoms with van der Waals surface area (Å²) in [6.45, 7) is 3.25. The lowest BCUT2D eigenvalue weighted by atomic mass is 10.1. The summed E-state index contributed by atoms with van der Waals surface area (Å²) in [5.41, 5.74) is 2.70. The van der Waals surface area contributed by atoms with Crippen LogP contribution in [-0.4, -0.2) is 51.7 Å². The van der Waals surface area contributed by atoms with Gasteiger partial charge in [-0.1, -0.05) is 24.3 Å². The molecule has 0 aliphatic heterocycles. The largest absolute Gasteiger partial charge is 0.384 e. The topological polar surface area (TPSA) is 76.0 Å². The second-order valence-electron chi connectivity index (χ2n) is 6.56. The van der Waals surface area contributed by atoms with Crippen LogP contribution in [-0.2, 0) is 24.2 Å². The highest BCUT2D eigenvalue weighted by Crippen LogP contribution is 2.16. The number of nitrogens with one attached hydrogen (secondary N) is 1. The molecule has 0 aliphatic rings. The Balaban J connectivity index is 1.62. The van der Waals surface area contributed by atoms with E-state index >= 15 is 0 Å². The van der Waals surface area contributed by atoms with Crippen molar-refractivity contribution in [3.05, 3.63) is 70.7 Å². The lowest BCUT2D eigenvalue weighted by Crippen LogP contribution is -2.22. The van der Waals surface area contributed by atoms with Crippen molar-refractivity contribution in [3.8, 4) is 11.4 Å². The van der Waals surface area contributed by atoms with Gasteiger partial charge in [0.05, 0.1) is 18.6 Å². The van der Waals surface area contributed by atoms with Gasteiger partial charge in [-0.2, -0.15) is 0 Å². The Bertz CT molecular complexity index is 887. The van der Waals surface area contributed by atoms with E-state index in [1.807, 2.05) is 24.7 Å². The highest BCUT2D eigenvalue weighted by Gasteiger charge is 2.06. The fraction of sp³-hybridized carbons (Fsp3) is 0.350. The minimum absolute atomic E-state index is 0.144. The van der Waals surface area contributed by atoms with E-state index in [4.69, 9.17) is 4.74 Å². The molecule has 0 radical (unpaired) electrons. The first kappa shape index (κ1) is 19.0. The molecular formula is C20H25N5O2. The number of aromatic amines is 1. The smallest absolute Gasteiger partial charge is 0.251 e. The van der Waals surface area contributed by atoms with Crippen molar-refractivity contribution in [2.45, 2.75) is 19.5 Å². The van der Waals surface area contributed by atoms with E-state index in [1.54, 1.807) is 13.3 Å². The Morgan fingerprint density at radius 2 is 2.07 bits per heavy atom. The Morgan fingerprint density at radius 3 is 2.78 bits per heavy atom. The molecule has 3 aromatic rings. The van der Waals surface area contributed by atoms with Crippen molar-refractivity contribution in [1.82, 2.24) is 24.4 Å². The van der Waals surface area contributed by atoms with Crippen molar-refractivity contribution in [1.29, 1.82) is 0 Å². The summed E-state index contributed by atoms with van der Waals surface area (Å²) < 4.78 is 7.13. The third-order valence-corrected chi connectivity index (χ3v) is 4.34. The summed E-state index contributed by atoms with van der Waals surface area (Å²) in [4.78, 5) is 25.5. The van der Waals surface area contributed by atoms with Crippen molar-refractivity contribution in [2.24, 2.45) is 0 Å². The van der Waals surface area contributed by atoms with Crippen LogP contribution in [0.15, 0.2) is 53.8 Å². The van der Waals surface area contributed by atoms with E-state index in [-0.39, 0.29) is 5.56 Å². The van der Waals surface area contributed by atoms with Crippen molar-refractivity contribution >= 4 is 0 Å². The SMILES string of the molecule is COCCc1cc(=O)[nH]c(-c2ccc(CN(C)CCn3ccnc3)cc2)n1. The number of ether oxygens (including phenoxy) is 1. The number of methoxy groups -OCH3 is 1. The zero-order chi connectivity index (χ0) is 19.1. The molecule has 27 heavy (non-hydrogen) atoms. The molecule has 0 bridgehead atoms. The molecule has 142 valence electrons. The molecule has 2 heterocycles. The average Bonchev–Trinajstić information content (AvgIpc) is 3.18. The average molecular weight is 367 g/mol. The van der Waals surface area contributed by atoms with Gasteiger partial charge in [0.2, 0.25) is 0 Å². The monoisotopic (exact) mass is 367 g/mol. The van der Waals surface area contributed by atoms with Crippen LogP contribution in [0.2, 0.25) is 0 Å². The number of aromatic nitrogens is 4. The number of nitrogens with zero attached hydrogens (tertiary/aromatic N) is 4. The number of H-pyrrole nitrogens is 1. The molecule has 0 unspecified atom stereocenters. The van der Waals surface area contributed by atoms with Crippen LogP contribution >= 0.6 is 0 Å². The van der Waals surface area contributed by atoms with E-state index < -0.39 is 0 Å². The number of rotatable bonds is 9. The van der Waals surface area contributed by atoms with Gasteiger partial charge >= 0.3 is 0 Å². The van der Waals surface area contributed by atoms with Gasteiger partial charge in [0.1, 0.15) is 5.82 Å². The van der Waals surface area contributed by atoms with E-state index in [0.717, 1.165) is 30.9 Å². The van der Waals surface area contributed by atoms with E-state index in [9.17, 15) is 4.79 Å². The summed E-state index contributed by atoms with van der Waals surface area (Å²) in [7, 11) is 3.74. The van der Waals surface area contributed by atoms with Crippen LogP contribution in [0.1, 0.15) is 11.3 Å². The molecule has 1 aromatic carbocycles. The first-order valence-corrected chi connectivity index (χ1v) is 8.97. The van der Waals surface area contributed by atoms with E-state index in [1.165, 1.54) is 11.6 Å². The summed E-state index contributed by atoms with van der Waals surface area (Å²) >= 11 is 0. The molecule has 0 amide bonds. The lowest BCUT2D eigenvalue weighted by Gasteiger charge is -2.17. The Hall–Kier alpha value is -2.77. The fourth-order valence-corrected chi connectivity index (χ4v) is 2.84. The Kier molecular flexibility index (Phi) is 6.51. The molecule has 1 N–H and O–H groups in total. The zero-order valence-corrected chi connectivity index (χ0v) is 15.8. The summed E-state index contributed by atoms with van der Waals surface area (Å²) in [6.07, 6.45) is 6.21. The number of benzene rings is 1. The van der Waals surface area contributed by atoms with Crippen LogP contribution in [0.5, 0.6) is 0 Å². The van der Waals surface area contributed by atoms with Crippen LogP contribution < -0.4 is 5.56 Å². The molecular weight excluding hydrogens is 342 g/mol. The van der Waals surface area contributed by atoms with Gasteiger partial charge in [0, 0.05) is 57.2 Å². The highest BCUT2D eigenvalue weighted by molar-refractivity contribution is 5.55. The molecule has 0 saturated carbocycles. The molecule has 0 spiro atoms. The number of imidazole rings is 1. The molecule has 7 nitrogen and oxygen atoms in total. The molecule has 7 heteroatoms. The minimum atomic E-state index is -0.144. The van der Waals surface area contributed by atoms with E-state index in [2.05, 4.69) is 43.6 Å². The minimum Gasteiger partial charge on any atom is -0.384 e. The van der Waals surface area contributed by atoms with E-state index in [0.29, 0.717) is 18.9 Å². The normalized spacial score (nSPS) is 11.2. The van der Waals surface area contributed by atoms with Gasteiger partial charge in [-0.3, -0.25) is 4.79 Å². The first-order valence-electron chi connectivity index (χ1n) is 8.97. The number of hydrogen-bond donors (Lipinski definition) is 1. The molecule has 0 fully saturated rings. The molecule has 0 saturated heterocycles. The molecule has 0 aliphatic carbocycles. The van der Waals surface area contributed by atoms with Gasteiger partial charge in [-0.05, 0) is 12.6 Å². The van der Waals surface area contributed by atoms with Crippen molar-refractivity contribution in [3.63, 3.8) is 0 Å². The molecule has 0 atom stereocenters. The number of hydrogen-bond acceptors (Lipinski definition) is 5. The standard InChI is InChI=1S/C20H25N5O2/c1-24(10-11-25-9-8-21-15-25)14-16-3-5-17(6-4-16)20-22-18(7-12-27-2)13-19(26)23-20/h3-6,8-9,13,15H,7,10-12,14H2,1-2H3,(H,22,23,26). The first-order chi connectivity index (χ1) is 13.1. The Labute approximate surface area is 158 Å². The third-order valence-electron chi connectivity index (χ3n) is 4.34. The van der Waals surface area contributed by atoms with Crippen molar-refractivity contribution < 1.29 is 4.74 Å². The maximum Gasteiger partial charge on any atom is 0.251 e. The summed E-state index contributed by atoms with van der Waals surface area (Å²) in [6, 6.07) is 9.66. The number of likely N-dealkylation sites (N-methyl/N-ethyl adjacent to an activating group) is 1. The third kappa shape index (κ3) is 5.60. The quantitative estimate of drug-likeness (QED) is 0.626. The van der Waals surface area contributed by atoms with Crippen molar-refractivity contribution in [2.75, 3.05) is 27.3 Å². The zero-order valence-electron chi connectivity index (χ0n) is 15.8. The van der Waals surface area contributed by atoms with Gasteiger partial charge in [-0.15, -0.1) is 0 Å². The van der Waals surface area contributed by atoms with Crippen LogP contribution in [0.4, 0.5) is 0 Å². The second-order valence-corrected chi connectivity index (χ2v) is 6.56. The maximum absolute atomic E-state index is 11.9. The summed E-state index contributed by atoms with van der Waals surface area (Å²) in [5.74, 6) is 0.591. The summed E-state index contributed by atoms with van der Waals surface area (Å²) in [5, 5.41) is 0. The van der Waals surface area contributed by atoms with Gasteiger partial charge in [0.25, 0.3) is 5.56 Å². The van der Waals surface area contributed by atoms with Gasteiger partial charge < -0.3 is 19.2 Å². The fourth-order valence-electron chi connectivity index (χ4n) is 2.84. The van der Waals surface area contributed by atoms with Crippen LogP contribution in [0.25, 0.3) is 11.4 Å². The maximum atomic E-state index is 11.9. The van der Waals surface area contributed by atoms with Crippen LogP contribution in [0, 0.1) is 0 Å². The predicted octanol–water partition coefficient (Wildman–Crippen LogP) is 1.95. The van der Waals surface area contributed by atoms with Gasteiger partial charge in [-0.25, -0.2) is 9.97 Å².